The van der Waals surface area contributed by atoms with E-state index in [0.29, 0.717) is 0 Å². The molecule has 0 bridgehead atoms. The molecule has 2 heteroatoms. The van der Waals surface area contributed by atoms with E-state index in [1.807, 2.05) is 18.2 Å². The van der Waals surface area contributed by atoms with Gasteiger partial charge in [0.15, 0.2) is 5.75 Å². The van der Waals surface area contributed by atoms with Crippen LogP contribution in [0.15, 0.2) is 18.2 Å². The molecule has 0 fully saturated rings. The summed E-state index contributed by atoms with van der Waals surface area (Å²) in [5.41, 5.74) is 2.05. The van der Waals surface area contributed by atoms with Crippen LogP contribution in [0.25, 0.3) is 0 Å². The first-order chi connectivity index (χ1) is 8.06. The zero-order valence-corrected chi connectivity index (χ0v) is 10.8. The van der Waals surface area contributed by atoms with Gasteiger partial charge in [-0.05, 0) is 39.3 Å². The number of ether oxygens (including phenoxy) is 1. The summed E-state index contributed by atoms with van der Waals surface area (Å²) >= 11 is 0. The van der Waals surface area contributed by atoms with Crippen LogP contribution in [0.4, 0.5) is 5.69 Å². The summed E-state index contributed by atoms with van der Waals surface area (Å²) in [6, 6.07) is 6.08. The highest BCUT2D eigenvalue weighted by molar-refractivity contribution is 5.64. The van der Waals surface area contributed by atoms with Crippen LogP contribution in [0.5, 0.6) is 5.75 Å². The van der Waals surface area contributed by atoms with Crippen LogP contribution in [-0.2, 0) is 0 Å². The predicted octanol–water partition coefficient (Wildman–Crippen LogP) is 3.28. The van der Waals surface area contributed by atoms with E-state index in [4.69, 9.17) is 4.74 Å². The third-order valence-electron chi connectivity index (χ3n) is 2.47. The highest BCUT2D eigenvalue weighted by atomic mass is 16.5. The number of fused-ring (bicyclic) bond motifs is 1. The van der Waals surface area contributed by atoms with Gasteiger partial charge in [-0.2, -0.15) is 0 Å². The van der Waals surface area contributed by atoms with Crippen LogP contribution in [0, 0.1) is 17.3 Å². The minimum absolute atomic E-state index is 0.0148. The minimum atomic E-state index is 0.0148. The Balaban J connectivity index is 2.37. The van der Waals surface area contributed by atoms with Gasteiger partial charge >= 0.3 is 0 Å². The zero-order chi connectivity index (χ0) is 12.3. The van der Waals surface area contributed by atoms with Gasteiger partial charge in [-0.25, -0.2) is 0 Å². The monoisotopic (exact) mass is 229 g/mol. The summed E-state index contributed by atoms with van der Waals surface area (Å²) < 4.78 is 5.78. The maximum absolute atomic E-state index is 5.78. The van der Waals surface area contributed by atoms with Crippen molar-refractivity contribution in [1.82, 2.24) is 0 Å². The summed E-state index contributed by atoms with van der Waals surface area (Å²) in [6.07, 6.45) is 1.03. The quantitative estimate of drug-likeness (QED) is 0.689. The molecular weight excluding hydrogens is 210 g/mol. The second-order valence-electron chi connectivity index (χ2n) is 5.31. The highest BCUT2D eigenvalue weighted by Crippen LogP contribution is 2.30. The van der Waals surface area contributed by atoms with Crippen molar-refractivity contribution in [2.24, 2.45) is 5.41 Å². The molecule has 0 atom stereocenters. The third kappa shape index (κ3) is 3.17. The largest absolute Gasteiger partial charge is 0.490 e. The average Bonchev–Trinajstić information content (AvgIpc) is 2.50. The molecule has 0 spiro atoms. The smallest absolute Gasteiger partial charge is 0.157 e. The molecule has 2 rings (SSSR count). The maximum atomic E-state index is 5.78. The van der Waals surface area contributed by atoms with Crippen molar-refractivity contribution in [3.63, 3.8) is 0 Å². The lowest BCUT2D eigenvalue weighted by Gasteiger charge is -2.11. The molecular formula is C15H19NO. The Labute approximate surface area is 103 Å². The van der Waals surface area contributed by atoms with Gasteiger partial charge in [0.1, 0.15) is 0 Å². The lowest BCUT2D eigenvalue weighted by atomic mass is 9.97. The normalized spacial score (nSPS) is 14.5. The Morgan fingerprint density at radius 3 is 2.88 bits per heavy atom. The molecule has 17 heavy (non-hydrogen) atoms. The number of rotatable bonds is 0. The van der Waals surface area contributed by atoms with Crippen LogP contribution in [0.2, 0.25) is 0 Å². The van der Waals surface area contributed by atoms with Crippen molar-refractivity contribution in [3.8, 4) is 17.6 Å². The van der Waals surface area contributed by atoms with E-state index in [1.165, 1.54) is 0 Å². The number of para-hydroxylation sites is 1. The Hall–Kier alpha value is -1.62. The molecule has 0 saturated carbocycles. The van der Waals surface area contributed by atoms with E-state index in [9.17, 15) is 0 Å². The number of hydrogen-bond acceptors (Lipinski definition) is 2. The molecule has 0 saturated heterocycles. The fourth-order valence-electron chi connectivity index (χ4n) is 1.65. The molecule has 90 valence electrons. The zero-order valence-electron chi connectivity index (χ0n) is 10.8. The Morgan fingerprint density at radius 2 is 2.12 bits per heavy atom. The number of benzene rings is 1. The molecule has 0 unspecified atom stereocenters. The molecule has 0 radical (unpaired) electrons. The molecule has 0 aliphatic carbocycles. The van der Waals surface area contributed by atoms with Crippen LogP contribution in [0.1, 0.15) is 32.8 Å². The van der Waals surface area contributed by atoms with Gasteiger partial charge in [-0.15, -0.1) is 0 Å². The predicted molar refractivity (Wildman–Crippen MR) is 71.4 cm³/mol. The van der Waals surface area contributed by atoms with Gasteiger partial charge < -0.3 is 10.1 Å². The van der Waals surface area contributed by atoms with E-state index in [-0.39, 0.29) is 5.41 Å². The van der Waals surface area contributed by atoms with E-state index in [0.717, 1.165) is 36.6 Å². The second kappa shape index (κ2) is 4.71. The molecule has 1 aromatic rings. The number of anilines is 1. The van der Waals surface area contributed by atoms with Crippen molar-refractivity contribution in [2.45, 2.75) is 27.2 Å². The first-order valence-corrected chi connectivity index (χ1v) is 6.09. The van der Waals surface area contributed by atoms with Crippen molar-refractivity contribution in [3.05, 3.63) is 23.8 Å². The summed E-state index contributed by atoms with van der Waals surface area (Å²) in [7, 11) is 0. The van der Waals surface area contributed by atoms with Crippen LogP contribution in [-0.4, -0.2) is 13.2 Å². The molecule has 1 aromatic carbocycles. The number of nitrogens with one attached hydrogen (secondary N) is 1. The van der Waals surface area contributed by atoms with Gasteiger partial charge in [-0.1, -0.05) is 17.9 Å². The van der Waals surface area contributed by atoms with Gasteiger partial charge in [0.2, 0.25) is 0 Å². The van der Waals surface area contributed by atoms with E-state index < -0.39 is 0 Å². The van der Waals surface area contributed by atoms with Crippen LogP contribution in [0.3, 0.4) is 0 Å². The van der Waals surface area contributed by atoms with E-state index in [2.05, 4.69) is 37.9 Å². The third-order valence-corrected chi connectivity index (χ3v) is 2.47. The Morgan fingerprint density at radius 1 is 1.29 bits per heavy atom. The van der Waals surface area contributed by atoms with E-state index in [1.54, 1.807) is 0 Å². The van der Waals surface area contributed by atoms with Gasteiger partial charge in [0.05, 0.1) is 17.9 Å². The average molecular weight is 229 g/mol. The molecule has 0 amide bonds. The highest BCUT2D eigenvalue weighted by Gasteiger charge is 2.12. The number of hydrogen-bond donors (Lipinski definition) is 1. The molecule has 1 heterocycles. The molecule has 1 N–H and O–H groups in total. The van der Waals surface area contributed by atoms with Crippen LogP contribution >= 0.6 is 0 Å². The lowest BCUT2D eigenvalue weighted by molar-refractivity contribution is 0.322. The van der Waals surface area contributed by atoms with Gasteiger partial charge in [0, 0.05) is 12.0 Å². The molecule has 1 aliphatic heterocycles. The second-order valence-corrected chi connectivity index (χ2v) is 5.31. The summed E-state index contributed by atoms with van der Waals surface area (Å²) in [6.45, 7) is 8.06. The Kier molecular flexibility index (Phi) is 3.28. The van der Waals surface area contributed by atoms with Crippen molar-refractivity contribution in [2.75, 3.05) is 18.5 Å². The summed E-state index contributed by atoms with van der Waals surface area (Å²) in [5, 5.41) is 3.37. The van der Waals surface area contributed by atoms with Crippen molar-refractivity contribution < 1.29 is 4.74 Å². The first-order valence-electron chi connectivity index (χ1n) is 6.09. The van der Waals surface area contributed by atoms with E-state index >= 15 is 0 Å². The maximum Gasteiger partial charge on any atom is 0.157 e. The fraction of sp³-hybridized carbons (Fsp3) is 0.467. The van der Waals surface area contributed by atoms with Crippen LogP contribution < -0.4 is 10.1 Å². The minimum Gasteiger partial charge on any atom is -0.490 e. The fourth-order valence-corrected chi connectivity index (χ4v) is 1.65. The summed E-state index contributed by atoms with van der Waals surface area (Å²) in [4.78, 5) is 0. The topological polar surface area (TPSA) is 21.3 Å². The van der Waals surface area contributed by atoms with Crippen molar-refractivity contribution in [1.29, 1.82) is 0 Å². The van der Waals surface area contributed by atoms with Gasteiger partial charge in [0.25, 0.3) is 0 Å². The first kappa shape index (κ1) is 11.9. The summed E-state index contributed by atoms with van der Waals surface area (Å²) in [5.74, 6) is 7.38. The Bertz CT molecular complexity index is 460. The lowest BCUT2D eigenvalue weighted by Crippen LogP contribution is -2.00. The molecule has 0 aromatic heterocycles. The molecule has 1 aliphatic rings. The SMILES string of the molecule is CC(C)(C)C#Cc1cccc2c1OCCCN2. The standard InChI is InChI=1S/C15H19NO/c1-15(2,3)9-8-12-6-4-7-13-14(12)17-11-5-10-16-13/h4,6-7,16H,5,10-11H2,1-3H3. The molecule has 2 nitrogen and oxygen atoms in total. The van der Waals surface area contributed by atoms with Crippen molar-refractivity contribution >= 4 is 5.69 Å². The van der Waals surface area contributed by atoms with Gasteiger partial charge in [-0.3, -0.25) is 0 Å².